The zero-order valence-electron chi connectivity index (χ0n) is 16.8. The number of hydrogen-bond donors (Lipinski definition) is 1. The Balaban J connectivity index is 1.82. The molecule has 0 radical (unpaired) electrons. The maximum absolute atomic E-state index is 13.0. The largest absolute Gasteiger partial charge is 0.469 e. The van der Waals surface area contributed by atoms with Crippen molar-refractivity contribution >= 4 is 34.5 Å². The van der Waals surface area contributed by atoms with E-state index in [2.05, 4.69) is 10.3 Å². The number of ether oxygens (including phenoxy) is 1. The number of para-hydroxylation sites is 1. The molecule has 0 bridgehead atoms. The highest BCUT2D eigenvalue weighted by molar-refractivity contribution is 8.00. The maximum atomic E-state index is 13.0. The van der Waals surface area contributed by atoms with Crippen molar-refractivity contribution in [2.24, 2.45) is 0 Å². The summed E-state index contributed by atoms with van der Waals surface area (Å²) in [5.74, 6) is -0.451. The summed E-state index contributed by atoms with van der Waals surface area (Å²) >= 11 is 1.24. The van der Waals surface area contributed by atoms with Crippen LogP contribution in [0, 0.1) is 0 Å². The molecule has 3 rings (SSSR count). The molecule has 1 aromatic carbocycles. The fourth-order valence-electron chi connectivity index (χ4n) is 3.52. The third-order valence-electron chi connectivity index (χ3n) is 5.20. The van der Waals surface area contributed by atoms with Crippen molar-refractivity contribution in [1.82, 2.24) is 14.9 Å². The van der Waals surface area contributed by atoms with Crippen molar-refractivity contribution in [3.63, 3.8) is 0 Å². The van der Waals surface area contributed by atoms with Gasteiger partial charge in [-0.25, -0.2) is 4.98 Å². The molecule has 1 atom stereocenters. The van der Waals surface area contributed by atoms with E-state index >= 15 is 0 Å². The van der Waals surface area contributed by atoms with E-state index in [1.807, 2.05) is 13.0 Å². The molecular formula is C21H27N3O4S. The number of rotatable bonds is 7. The van der Waals surface area contributed by atoms with Crippen LogP contribution in [0.2, 0.25) is 0 Å². The molecule has 0 aliphatic heterocycles. The third kappa shape index (κ3) is 5.38. The molecule has 1 fully saturated rings. The lowest BCUT2D eigenvalue weighted by Gasteiger charge is -2.24. The summed E-state index contributed by atoms with van der Waals surface area (Å²) < 4.78 is 6.16. The number of amides is 1. The van der Waals surface area contributed by atoms with Crippen LogP contribution in [-0.4, -0.2) is 39.8 Å². The van der Waals surface area contributed by atoms with Crippen molar-refractivity contribution in [3.05, 3.63) is 34.6 Å². The molecule has 1 N–H and O–H groups in total. The first kappa shape index (κ1) is 21.4. The van der Waals surface area contributed by atoms with Gasteiger partial charge in [-0.3, -0.25) is 19.0 Å². The van der Waals surface area contributed by atoms with Gasteiger partial charge in [0.2, 0.25) is 5.91 Å². The topological polar surface area (TPSA) is 90.3 Å². The molecule has 1 saturated carbocycles. The monoisotopic (exact) mass is 417 g/mol. The molecule has 0 saturated heterocycles. The van der Waals surface area contributed by atoms with Gasteiger partial charge in [0.1, 0.15) is 0 Å². The number of esters is 1. The van der Waals surface area contributed by atoms with Gasteiger partial charge in [0.25, 0.3) is 5.56 Å². The van der Waals surface area contributed by atoms with Crippen LogP contribution in [0.15, 0.2) is 34.2 Å². The number of benzene rings is 1. The molecule has 7 nitrogen and oxygen atoms in total. The Morgan fingerprint density at radius 2 is 2.00 bits per heavy atom. The highest BCUT2D eigenvalue weighted by Crippen LogP contribution is 2.24. The second kappa shape index (κ2) is 9.91. The first-order valence-electron chi connectivity index (χ1n) is 10.0. The lowest BCUT2D eigenvalue weighted by molar-refractivity contribution is -0.140. The van der Waals surface area contributed by atoms with Gasteiger partial charge in [-0.05, 0) is 31.9 Å². The summed E-state index contributed by atoms with van der Waals surface area (Å²) in [6.45, 7) is 1.97. The number of carbonyl (C=O) groups is 2. The number of nitrogens with one attached hydrogen (secondary N) is 1. The Bertz CT molecular complexity index is 937. The lowest BCUT2D eigenvalue weighted by atomic mass is 9.95. The number of nitrogens with zero attached hydrogens (tertiary/aromatic N) is 2. The normalized spacial score (nSPS) is 15.8. The van der Waals surface area contributed by atoms with Crippen LogP contribution in [0.3, 0.4) is 0 Å². The average Bonchev–Trinajstić information content (AvgIpc) is 2.74. The van der Waals surface area contributed by atoms with E-state index in [9.17, 15) is 14.4 Å². The minimum absolute atomic E-state index is 0.0520. The smallest absolute Gasteiger partial charge is 0.307 e. The average molecular weight is 418 g/mol. The summed E-state index contributed by atoms with van der Waals surface area (Å²) in [6.07, 6.45) is 5.61. The second-order valence-corrected chi connectivity index (χ2v) is 8.61. The quantitative estimate of drug-likeness (QED) is 0.423. The van der Waals surface area contributed by atoms with Crippen LogP contribution < -0.4 is 10.9 Å². The van der Waals surface area contributed by atoms with Crippen LogP contribution in [0.5, 0.6) is 0 Å². The Kier molecular flexibility index (Phi) is 7.30. The summed E-state index contributed by atoms with van der Waals surface area (Å²) in [5.41, 5.74) is 0.357. The molecule has 1 aromatic heterocycles. The highest BCUT2D eigenvalue weighted by atomic mass is 32.2. The van der Waals surface area contributed by atoms with Crippen LogP contribution in [-0.2, 0) is 20.9 Å². The van der Waals surface area contributed by atoms with Gasteiger partial charge in [0.05, 0.1) is 29.7 Å². The van der Waals surface area contributed by atoms with Crippen molar-refractivity contribution in [2.75, 3.05) is 7.11 Å². The van der Waals surface area contributed by atoms with E-state index in [1.54, 1.807) is 18.2 Å². The molecule has 156 valence electrons. The van der Waals surface area contributed by atoms with Crippen LogP contribution in [0.25, 0.3) is 10.9 Å². The molecule has 0 spiro atoms. The molecule has 1 aliphatic rings. The highest BCUT2D eigenvalue weighted by Gasteiger charge is 2.23. The maximum Gasteiger partial charge on any atom is 0.307 e. The Hall–Kier alpha value is -2.35. The van der Waals surface area contributed by atoms with E-state index in [0.29, 0.717) is 16.1 Å². The molecule has 1 aliphatic carbocycles. The van der Waals surface area contributed by atoms with Gasteiger partial charge >= 0.3 is 5.97 Å². The van der Waals surface area contributed by atoms with Gasteiger partial charge in [-0.1, -0.05) is 43.2 Å². The third-order valence-corrected chi connectivity index (χ3v) is 6.29. The number of fused-ring (bicyclic) bond motifs is 1. The Morgan fingerprint density at radius 1 is 1.28 bits per heavy atom. The number of carbonyl (C=O) groups excluding carboxylic acids is 2. The Morgan fingerprint density at radius 3 is 2.72 bits per heavy atom. The molecule has 1 amide bonds. The summed E-state index contributed by atoms with van der Waals surface area (Å²) in [4.78, 5) is 41.8. The van der Waals surface area contributed by atoms with Crippen molar-refractivity contribution < 1.29 is 14.3 Å². The zero-order chi connectivity index (χ0) is 20.8. The van der Waals surface area contributed by atoms with E-state index in [-0.39, 0.29) is 30.5 Å². The second-order valence-electron chi connectivity index (χ2n) is 7.30. The fraction of sp³-hybridized carbons (Fsp3) is 0.524. The number of thioether (sulfide) groups is 1. The first-order chi connectivity index (χ1) is 14.0. The molecule has 29 heavy (non-hydrogen) atoms. The SMILES string of the molecule is COC(=O)CCn1c(SC(C)C(=O)NC2CCCCC2)nc2ccccc2c1=O. The van der Waals surface area contributed by atoms with Crippen LogP contribution in [0.4, 0.5) is 0 Å². The van der Waals surface area contributed by atoms with Crippen LogP contribution >= 0.6 is 11.8 Å². The van der Waals surface area contributed by atoms with E-state index in [1.165, 1.54) is 29.9 Å². The lowest BCUT2D eigenvalue weighted by Crippen LogP contribution is -2.40. The van der Waals surface area contributed by atoms with Crippen molar-refractivity contribution in [2.45, 2.75) is 68.4 Å². The van der Waals surface area contributed by atoms with Crippen molar-refractivity contribution in [1.29, 1.82) is 0 Å². The minimum atomic E-state index is -0.408. The van der Waals surface area contributed by atoms with E-state index in [0.717, 1.165) is 25.7 Å². The molecule has 1 heterocycles. The van der Waals surface area contributed by atoms with E-state index < -0.39 is 11.2 Å². The van der Waals surface area contributed by atoms with Crippen molar-refractivity contribution in [3.8, 4) is 0 Å². The summed E-state index contributed by atoms with van der Waals surface area (Å²) in [5, 5.41) is 3.63. The zero-order valence-corrected chi connectivity index (χ0v) is 17.7. The first-order valence-corrected chi connectivity index (χ1v) is 10.9. The van der Waals surface area contributed by atoms with Gasteiger partial charge in [0, 0.05) is 12.6 Å². The van der Waals surface area contributed by atoms with Crippen LogP contribution in [0.1, 0.15) is 45.4 Å². The van der Waals surface area contributed by atoms with Gasteiger partial charge in [-0.2, -0.15) is 0 Å². The molecular weight excluding hydrogens is 390 g/mol. The van der Waals surface area contributed by atoms with Gasteiger partial charge < -0.3 is 10.1 Å². The predicted molar refractivity (Wildman–Crippen MR) is 113 cm³/mol. The minimum Gasteiger partial charge on any atom is -0.469 e. The van der Waals surface area contributed by atoms with E-state index in [4.69, 9.17) is 4.74 Å². The fourth-order valence-corrected chi connectivity index (χ4v) is 4.46. The summed E-state index contributed by atoms with van der Waals surface area (Å²) in [7, 11) is 1.32. The molecule has 1 unspecified atom stereocenters. The predicted octanol–water partition coefficient (Wildman–Crippen LogP) is 2.89. The number of hydrogen-bond acceptors (Lipinski definition) is 6. The van der Waals surface area contributed by atoms with Gasteiger partial charge in [0.15, 0.2) is 5.16 Å². The standard InChI is InChI=1S/C21H27N3O4S/c1-14(19(26)22-15-8-4-3-5-9-15)29-21-23-17-11-7-6-10-16(17)20(27)24(21)13-12-18(25)28-2/h6-7,10-11,14-15H,3-5,8-9,12-13H2,1-2H3,(H,22,26). The molecule has 8 heteroatoms. The molecule has 2 aromatic rings. The number of methoxy groups -OCH3 is 1. The van der Waals surface area contributed by atoms with Gasteiger partial charge in [-0.15, -0.1) is 0 Å². The number of aromatic nitrogens is 2. The summed E-state index contributed by atoms with van der Waals surface area (Å²) in [6, 6.07) is 7.32. The Labute approximate surface area is 174 Å².